The lowest BCUT2D eigenvalue weighted by molar-refractivity contribution is -0.140. The van der Waals surface area contributed by atoms with Gasteiger partial charge in [-0.1, -0.05) is 81.1 Å². The molecule has 236 valence electrons. The minimum Gasteiger partial charge on any atom is -0.497 e. The number of rotatable bonds is 13. The maximum atomic E-state index is 14.4. The number of carbonyl (C=O) groups is 2. The molecule has 3 aromatic carbocycles. The van der Waals surface area contributed by atoms with Crippen LogP contribution in [0.3, 0.4) is 0 Å². The molecule has 1 saturated carbocycles. The van der Waals surface area contributed by atoms with E-state index < -0.39 is 28.5 Å². The number of anilines is 1. The second-order valence-electron chi connectivity index (χ2n) is 11.4. The van der Waals surface area contributed by atoms with Gasteiger partial charge in [0.05, 0.1) is 17.7 Å². The fourth-order valence-corrected chi connectivity index (χ4v) is 7.29. The number of nitrogens with zero attached hydrogens (tertiary/aromatic N) is 2. The van der Waals surface area contributed by atoms with E-state index in [2.05, 4.69) is 5.32 Å². The van der Waals surface area contributed by atoms with Crippen molar-refractivity contribution in [1.29, 1.82) is 0 Å². The Balaban J connectivity index is 1.74. The van der Waals surface area contributed by atoms with Crippen LogP contribution >= 0.6 is 0 Å². The molecule has 1 fully saturated rings. The van der Waals surface area contributed by atoms with E-state index in [1.165, 1.54) is 9.21 Å². The number of amides is 2. The zero-order valence-electron chi connectivity index (χ0n) is 26.3. The summed E-state index contributed by atoms with van der Waals surface area (Å²) >= 11 is 0. The first-order valence-electron chi connectivity index (χ1n) is 15.6. The summed E-state index contributed by atoms with van der Waals surface area (Å²) in [5, 5.41) is 3.19. The predicted molar refractivity (Wildman–Crippen MR) is 174 cm³/mol. The third kappa shape index (κ3) is 8.00. The SMILES string of the molecule is CCc1ccccc1N(CC(=O)N(Cc1cccc(OC)c1)[C@@H](CC)C(=O)NC1CCCCC1)S(=O)(=O)c1ccc(C)cc1. The summed E-state index contributed by atoms with van der Waals surface area (Å²) < 4.78 is 35.0. The Morgan fingerprint density at radius 1 is 0.955 bits per heavy atom. The molecule has 0 aromatic heterocycles. The Morgan fingerprint density at radius 3 is 2.32 bits per heavy atom. The number of ether oxygens (including phenoxy) is 1. The van der Waals surface area contributed by atoms with Crippen molar-refractivity contribution in [1.82, 2.24) is 10.2 Å². The molecule has 3 aromatic rings. The second-order valence-corrected chi connectivity index (χ2v) is 13.3. The molecule has 8 nitrogen and oxygen atoms in total. The third-order valence-corrected chi connectivity index (χ3v) is 10.1. The molecule has 44 heavy (non-hydrogen) atoms. The Labute approximate surface area is 262 Å². The summed E-state index contributed by atoms with van der Waals surface area (Å²) in [5.41, 5.74) is 2.96. The number of benzene rings is 3. The Morgan fingerprint density at radius 2 is 1.66 bits per heavy atom. The van der Waals surface area contributed by atoms with Crippen LogP contribution in [0.2, 0.25) is 0 Å². The maximum absolute atomic E-state index is 14.4. The van der Waals surface area contributed by atoms with E-state index >= 15 is 0 Å². The van der Waals surface area contributed by atoms with E-state index in [4.69, 9.17) is 4.74 Å². The number of carbonyl (C=O) groups excluding carboxylic acids is 2. The highest BCUT2D eigenvalue weighted by Crippen LogP contribution is 2.29. The lowest BCUT2D eigenvalue weighted by Gasteiger charge is -2.35. The Bertz CT molecular complexity index is 1520. The minimum absolute atomic E-state index is 0.0777. The van der Waals surface area contributed by atoms with Gasteiger partial charge in [0.2, 0.25) is 11.8 Å². The van der Waals surface area contributed by atoms with Crippen LogP contribution in [0.25, 0.3) is 0 Å². The van der Waals surface area contributed by atoms with Crippen molar-refractivity contribution in [2.75, 3.05) is 18.0 Å². The average Bonchev–Trinajstić information content (AvgIpc) is 3.04. The molecule has 2 amide bonds. The highest BCUT2D eigenvalue weighted by atomic mass is 32.2. The van der Waals surface area contributed by atoms with Gasteiger partial charge in [-0.05, 0) is 74.1 Å². The van der Waals surface area contributed by atoms with Gasteiger partial charge in [0.15, 0.2) is 0 Å². The van der Waals surface area contributed by atoms with E-state index in [9.17, 15) is 18.0 Å². The molecule has 4 rings (SSSR count). The van der Waals surface area contributed by atoms with Crippen molar-refractivity contribution in [2.45, 2.75) is 89.2 Å². The van der Waals surface area contributed by atoms with Gasteiger partial charge in [0.25, 0.3) is 10.0 Å². The summed E-state index contributed by atoms with van der Waals surface area (Å²) in [4.78, 5) is 29.8. The van der Waals surface area contributed by atoms with Crippen LogP contribution in [0, 0.1) is 6.92 Å². The van der Waals surface area contributed by atoms with Gasteiger partial charge in [0.1, 0.15) is 18.3 Å². The van der Waals surface area contributed by atoms with E-state index in [0.717, 1.165) is 48.8 Å². The molecule has 0 unspecified atom stereocenters. The highest BCUT2D eigenvalue weighted by molar-refractivity contribution is 7.92. The van der Waals surface area contributed by atoms with Crippen molar-refractivity contribution in [3.8, 4) is 5.75 Å². The molecule has 0 spiro atoms. The van der Waals surface area contributed by atoms with E-state index in [1.54, 1.807) is 43.5 Å². The first-order chi connectivity index (χ1) is 21.2. The lowest BCUT2D eigenvalue weighted by atomic mass is 9.95. The summed E-state index contributed by atoms with van der Waals surface area (Å²) in [5.74, 6) is -0.0346. The van der Waals surface area contributed by atoms with Crippen LogP contribution in [-0.2, 0) is 32.6 Å². The summed E-state index contributed by atoms with van der Waals surface area (Å²) in [6.45, 7) is 5.40. The van der Waals surface area contributed by atoms with Crippen molar-refractivity contribution in [3.63, 3.8) is 0 Å². The lowest BCUT2D eigenvalue weighted by Crippen LogP contribution is -2.54. The highest BCUT2D eigenvalue weighted by Gasteiger charge is 2.35. The third-order valence-electron chi connectivity index (χ3n) is 8.35. The number of hydrogen-bond acceptors (Lipinski definition) is 5. The summed E-state index contributed by atoms with van der Waals surface area (Å²) in [6.07, 6.45) is 6.09. The molecule has 0 bridgehead atoms. The van der Waals surface area contributed by atoms with Gasteiger partial charge in [-0.25, -0.2) is 8.42 Å². The number of methoxy groups -OCH3 is 1. The van der Waals surface area contributed by atoms with E-state index in [1.807, 2.05) is 57.2 Å². The molecule has 1 aliphatic carbocycles. The molecule has 0 saturated heterocycles. The maximum Gasteiger partial charge on any atom is 0.264 e. The fourth-order valence-electron chi connectivity index (χ4n) is 5.84. The van der Waals surface area contributed by atoms with Gasteiger partial charge in [-0.3, -0.25) is 13.9 Å². The largest absolute Gasteiger partial charge is 0.497 e. The first kappa shape index (κ1) is 33.1. The Hall–Kier alpha value is -3.85. The molecular weight excluding hydrogens is 574 g/mol. The number of aryl methyl sites for hydroxylation is 2. The normalized spacial score (nSPS) is 14.5. The number of sulfonamides is 1. The summed E-state index contributed by atoms with van der Waals surface area (Å²) in [7, 11) is -2.55. The quantitative estimate of drug-likeness (QED) is 0.253. The smallest absolute Gasteiger partial charge is 0.264 e. The van der Waals surface area contributed by atoms with Crippen LogP contribution < -0.4 is 14.4 Å². The topological polar surface area (TPSA) is 96.0 Å². The molecule has 1 N–H and O–H groups in total. The Kier molecular flexibility index (Phi) is 11.4. The van der Waals surface area contributed by atoms with Gasteiger partial charge in [0, 0.05) is 12.6 Å². The predicted octanol–water partition coefficient (Wildman–Crippen LogP) is 6.02. The zero-order valence-corrected chi connectivity index (χ0v) is 27.1. The number of hydrogen-bond donors (Lipinski definition) is 1. The minimum atomic E-state index is -4.13. The van der Waals surface area contributed by atoms with Crippen molar-refractivity contribution >= 4 is 27.5 Å². The molecule has 9 heteroatoms. The molecule has 0 heterocycles. The van der Waals surface area contributed by atoms with Crippen molar-refractivity contribution < 1.29 is 22.7 Å². The van der Waals surface area contributed by atoms with Gasteiger partial charge in [-0.2, -0.15) is 0 Å². The van der Waals surface area contributed by atoms with Gasteiger partial charge >= 0.3 is 0 Å². The zero-order chi connectivity index (χ0) is 31.7. The summed E-state index contributed by atoms with van der Waals surface area (Å²) in [6, 6.07) is 20.5. The van der Waals surface area contributed by atoms with Crippen LogP contribution in [0.4, 0.5) is 5.69 Å². The number of para-hydroxylation sites is 1. The van der Waals surface area contributed by atoms with E-state index in [-0.39, 0.29) is 23.4 Å². The van der Waals surface area contributed by atoms with Crippen LogP contribution in [0.5, 0.6) is 5.75 Å². The first-order valence-corrected chi connectivity index (χ1v) is 17.0. The molecule has 1 aliphatic rings. The van der Waals surface area contributed by atoms with Gasteiger partial charge < -0.3 is 15.0 Å². The van der Waals surface area contributed by atoms with E-state index in [0.29, 0.717) is 24.3 Å². The van der Waals surface area contributed by atoms with Crippen LogP contribution in [0.1, 0.15) is 69.1 Å². The average molecular weight is 620 g/mol. The van der Waals surface area contributed by atoms with Crippen LogP contribution in [0.15, 0.2) is 77.7 Å². The molecule has 0 radical (unpaired) electrons. The van der Waals surface area contributed by atoms with Crippen molar-refractivity contribution in [3.05, 3.63) is 89.5 Å². The second kappa shape index (κ2) is 15.2. The standard InChI is InChI=1S/C35H45N3O5S/c1-5-28-14-10-11-18-33(28)38(44(41,42)31-21-19-26(3)20-22-31)25-34(39)37(24-27-13-12-17-30(23-27)43-4)32(6-2)35(40)36-29-15-8-7-9-16-29/h10-14,17-23,29,32H,5-9,15-16,24-25H2,1-4H3,(H,36,40)/t32-/m0/s1. The molecule has 1 atom stereocenters. The number of nitrogens with one attached hydrogen (secondary N) is 1. The van der Waals surface area contributed by atoms with Gasteiger partial charge in [-0.15, -0.1) is 0 Å². The fraction of sp³-hybridized carbons (Fsp3) is 0.429. The monoisotopic (exact) mass is 619 g/mol. The van der Waals surface area contributed by atoms with Crippen molar-refractivity contribution in [2.24, 2.45) is 0 Å². The molecular formula is C35H45N3O5S. The van der Waals surface area contributed by atoms with Crippen LogP contribution in [-0.4, -0.2) is 50.9 Å². The molecule has 0 aliphatic heterocycles.